The molecule has 9 heteroatoms. The standard InChI is InChI=1S/C26H18BrN3O5/c1-34-20-9-7-19(8-10-20)30-25(32)21(24(31)29-26(30)33)12-16-6-11-23(22(27)13-16)35-15-18-5-3-2-4-17(18)14-28/h2-13H,15H2,1H3,(H,29,31,33)/b21-12+. The number of halogens is 1. The summed E-state index contributed by atoms with van der Waals surface area (Å²) in [5.41, 5.74) is 1.94. The normalized spacial score (nSPS) is 14.5. The maximum atomic E-state index is 13.1. The number of hydrogen-bond acceptors (Lipinski definition) is 6. The van der Waals surface area contributed by atoms with Crippen molar-refractivity contribution in [2.45, 2.75) is 6.61 Å². The second kappa shape index (κ2) is 10.2. The van der Waals surface area contributed by atoms with Crippen LogP contribution < -0.4 is 19.7 Å². The number of nitrogens with zero attached hydrogens (tertiary/aromatic N) is 2. The topological polar surface area (TPSA) is 109 Å². The number of carbonyl (C=O) groups is 3. The fraction of sp³-hybridized carbons (Fsp3) is 0.0769. The van der Waals surface area contributed by atoms with E-state index in [1.807, 2.05) is 12.1 Å². The lowest BCUT2D eigenvalue weighted by atomic mass is 10.1. The van der Waals surface area contributed by atoms with Gasteiger partial charge in [-0.15, -0.1) is 0 Å². The highest BCUT2D eigenvalue weighted by Gasteiger charge is 2.36. The quantitative estimate of drug-likeness (QED) is 0.368. The molecule has 35 heavy (non-hydrogen) atoms. The summed E-state index contributed by atoms with van der Waals surface area (Å²) in [5.74, 6) is -0.439. The molecule has 1 heterocycles. The molecule has 0 atom stereocenters. The average Bonchev–Trinajstić information content (AvgIpc) is 2.86. The first-order chi connectivity index (χ1) is 16.9. The number of rotatable bonds is 6. The lowest BCUT2D eigenvalue weighted by molar-refractivity contribution is -0.122. The molecule has 3 aromatic carbocycles. The lowest BCUT2D eigenvalue weighted by Gasteiger charge is -2.26. The summed E-state index contributed by atoms with van der Waals surface area (Å²) in [7, 11) is 1.51. The zero-order chi connectivity index (χ0) is 24.9. The summed E-state index contributed by atoms with van der Waals surface area (Å²) in [5, 5.41) is 11.4. The van der Waals surface area contributed by atoms with Crippen LogP contribution in [0.1, 0.15) is 16.7 Å². The summed E-state index contributed by atoms with van der Waals surface area (Å²) in [6, 6.07) is 19.8. The molecule has 1 aliphatic heterocycles. The number of nitrogens with one attached hydrogen (secondary N) is 1. The van der Waals surface area contributed by atoms with Crippen molar-refractivity contribution < 1.29 is 23.9 Å². The second-order valence-corrected chi connectivity index (χ2v) is 8.26. The molecule has 0 aliphatic carbocycles. The monoisotopic (exact) mass is 531 g/mol. The van der Waals surface area contributed by atoms with E-state index in [1.165, 1.54) is 13.2 Å². The molecule has 1 saturated heterocycles. The van der Waals surface area contributed by atoms with Crippen LogP contribution >= 0.6 is 15.9 Å². The van der Waals surface area contributed by atoms with Crippen LogP contribution in [0.2, 0.25) is 0 Å². The largest absolute Gasteiger partial charge is 0.497 e. The van der Waals surface area contributed by atoms with Crippen LogP contribution in [-0.4, -0.2) is 25.0 Å². The van der Waals surface area contributed by atoms with Crippen LogP contribution in [0, 0.1) is 11.3 Å². The van der Waals surface area contributed by atoms with Gasteiger partial charge >= 0.3 is 6.03 Å². The van der Waals surface area contributed by atoms with Crippen LogP contribution in [0.25, 0.3) is 6.08 Å². The van der Waals surface area contributed by atoms with Crippen molar-refractivity contribution in [3.63, 3.8) is 0 Å². The van der Waals surface area contributed by atoms with Gasteiger partial charge in [-0.1, -0.05) is 24.3 Å². The molecule has 4 amide bonds. The minimum atomic E-state index is -0.829. The number of hydrogen-bond donors (Lipinski definition) is 1. The fourth-order valence-electron chi connectivity index (χ4n) is 3.42. The zero-order valence-electron chi connectivity index (χ0n) is 18.4. The van der Waals surface area contributed by atoms with E-state index in [4.69, 9.17) is 9.47 Å². The van der Waals surface area contributed by atoms with Crippen molar-refractivity contribution in [3.05, 3.63) is 93.5 Å². The van der Waals surface area contributed by atoms with Gasteiger partial charge in [0.25, 0.3) is 11.8 Å². The van der Waals surface area contributed by atoms with Gasteiger partial charge in [-0.25, -0.2) is 9.69 Å². The summed E-state index contributed by atoms with van der Waals surface area (Å²) in [6.07, 6.45) is 1.40. The molecule has 3 aromatic rings. The van der Waals surface area contributed by atoms with Crippen LogP contribution in [0.4, 0.5) is 10.5 Å². The van der Waals surface area contributed by atoms with Crippen molar-refractivity contribution in [2.24, 2.45) is 0 Å². The van der Waals surface area contributed by atoms with Gasteiger partial charge < -0.3 is 9.47 Å². The molecule has 4 rings (SSSR count). The number of anilines is 1. The third kappa shape index (κ3) is 5.08. The predicted molar refractivity (Wildman–Crippen MR) is 132 cm³/mol. The Morgan fingerprint density at radius 3 is 2.49 bits per heavy atom. The Kier molecular flexibility index (Phi) is 6.94. The van der Waals surface area contributed by atoms with Crippen molar-refractivity contribution in [3.8, 4) is 17.6 Å². The summed E-state index contributed by atoms with van der Waals surface area (Å²) in [4.78, 5) is 38.8. The number of barbiturate groups is 1. The molecule has 0 spiro atoms. The molecule has 0 radical (unpaired) electrons. The number of urea groups is 1. The Bertz CT molecular complexity index is 1390. The maximum absolute atomic E-state index is 13.1. The van der Waals surface area contributed by atoms with E-state index in [2.05, 4.69) is 27.3 Å². The first-order valence-corrected chi connectivity index (χ1v) is 11.2. The van der Waals surface area contributed by atoms with E-state index in [0.717, 1.165) is 10.5 Å². The highest BCUT2D eigenvalue weighted by atomic mass is 79.9. The van der Waals surface area contributed by atoms with Crippen LogP contribution in [-0.2, 0) is 16.2 Å². The molecule has 8 nitrogen and oxygen atoms in total. The van der Waals surface area contributed by atoms with Crippen molar-refractivity contribution in [2.75, 3.05) is 12.0 Å². The molecule has 1 fully saturated rings. The zero-order valence-corrected chi connectivity index (χ0v) is 20.0. The van der Waals surface area contributed by atoms with Gasteiger partial charge in [0, 0.05) is 5.56 Å². The second-order valence-electron chi connectivity index (χ2n) is 7.40. The number of nitriles is 1. The molecule has 1 N–H and O–H groups in total. The van der Waals surface area contributed by atoms with E-state index in [0.29, 0.717) is 32.8 Å². The van der Waals surface area contributed by atoms with Crippen molar-refractivity contribution in [1.29, 1.82) is 5.26 Å². The number of ether oxygens (including phenoxy) is 2. The van der Waals surface area contributed by atoms with Gasteiger partial charge in [0.05, 0.1) is 28.9 Å². The SMILES string of the molecule is COc1ccc(N2C(=O)NC(=O)/C(=C\c3ccc(OCc4ccccc4C#N)c(Br)c3)C2=O)cc1. The lowest BCUT2D eigenvalue weighted by Crippen LogP contribution is -2.54. The van der Waals surface area contributed by atoms with Crippen molar-refractivity contribution >= 4 is 45.5 Å². The number of imide groups is 2. The van der Waals surface area contributed by atoms with Gasteiger partial charge in [-0.2, -0.15) is 5.26 Å². The molecule has 0 unspecified atom stereocenters. The molecule has 0 bridgehead atoms. The van der Waals surface area contributed by atoms with Gasteiger partial charge in [0.1, 0.15) is 23.7 Å². The minimum Gasteiger partial charge on any atom is -0.497 e. The molecule has 1 aliphatic rings. The highest BCUT2D eigenvalue weighted by molar-refractivity contribution is 9.10. The van der Waals surface area contributed by atoms with Crippen molar-refractivity contribution in [1.82, 2.24) is 5.32 Å². The maximum Gasteiger partial charge on any atom is 0.335 e. The van der Waals surface area contributed by atoms with Gasteiger partial charge in [0.2, 0.25) is 0 Å². The molecular formula is C26H18BrN3O5. The summed E-state index contributed by atoms with van der Waals surface area (Å²) >= 11 is 3.44. The molecular weight excluding hydrogens is 514 g/mol. The minimum absolute atomic E-state index is 0.191. The van der Waals surface area contributed by atoms with E-state index in [9.17, 15) is 19.6 Å². The Labute approximate surface area is 209 Å². The Morgan fingerprint density at radius 1 is 1.06 bits per heavy atom. The van der Waals surface area contributed by atoms with E-state index >= 15 is 0 Å². The summed E-state index contributed by atoms with van der Waals surface area (Å²) in [6.45, 7) is 0.197. The number of amides is 4. The van der Waals surface area contributed by atoms with Crippen LogP contribution in [0.15, 0.2) is 76.8 Å². The molecule has 174 valence electrons. The first kappa shape index (κ1) is 23.7. The predicted octanol–water partition coefficient (Wildman–Crippen LogP) is 4.57. The third-order valence-corrected chi connectivity index (χ3v) is 5.84. The molecule has 0 aromatic heterocycles. The molecule has 0 saturated carbocycles. The number of benzene rings is 3. The smallest absolute Gasteiger partial charge is 0.335 e. The Morgan fingerprint density at radius 2 is 1.80 bits per heavy atom. The third-order valence-electron chi connectivity index (χ3n) is 5.22. The van der Waals surface area contributed by atoms with Gasteiger partial charge in [0.15, 0.2) is 0 Å². The highest BCUT2D eigenvalue weighted by Crippen LogP contribution is 2.29. The first-order valence-electron chi connectivity index (χ1n) is 10.4. The van der Waals surface area contributed by atoms with Crippen LogP contribution in [0.5, 0.6) is 11.5 Å². The van der Waals surface area contributed by atoms with Gasteiger partial charge in [-0.3, -0.25) is 14.9 Å². The average molecular weight is 532 g/mol. The number of methoxy groups -OCH3 is 1. The Hall–Kier alpha value is -4.42. The van der Waals surface area contributed by atoms with E-state index < -0.39 is 17.8 Å². The number of carbonyl (C=O) groups excluding carboxylic acids is 3. The fourth-order valence-corrected chi connectivity index (χ4v) is 3.94. The van der Waals surface area contributed by atoms with Gasteiger partial charge in [-0.05, 0) is 70.0 Å². The van der Waals surface area contributed by atoms with E-state index in [-0.39, 0.29) is 12.2 Å². The Balaban J connectivity index is 1.56. The summed E-state index contributed by atoms with van der Waals surface area (Å²) < 4.78 is 11.5. The van der Waals surface area contributed by atoms with E-state index in [1.54, 1.807) is 54.6 Å². The van der Waals surface area contributed by atoms with Crippen LogP contribution in [0.3, 0.4) is 0 Å².